The predicted molar refractivity (Wildman–Crippen MR) is 68.7 cm³/mol. The summed E-state index contributed by atoms with van der Waals surface area (Å²) >= 11 is 0. The van der Waals surface area contributed by atoms with Crippen LogP contribution in [0.3, 0.4) is 0 Å². The second-order valence-corrected chi connectivity index (χ2v) is 4.68. The summed E-state index contributed by atoms with van der Waals surface area (Å²) in [7, 11) is 1.00. The Labute approximate surface area is 114 Å². The minimum atomic E-state index is -2.42. The van der Waals surface area contributed by atoms with E-state index in [9.17, 15) is 18.0 Å². The Kier molecular flexibility index (Phi) is 3.70. The Morgan fingerprint density at radius 3 is 2.40 bits per heavy atom. The molecule has 2 nitrogen and oxygen atoms in total. The summed E-state index contributed by atoms with van der Waals surface area (Å²) in [6.07, 6.45) is -1.58. The van der Waals surface area contributed by atoms with Crippen molar-refractivity contribution in [3.63, 3.8) is 0 Å². The van der Waals surface area contributed by atoms with Gasteiger partial charge in [0.05, 0.1) is 7.11 Å². The summed E-state index contributed by atoms with van der Waals surface area (Å²) in [6.45, 7) is 0.983. The Morgan fingerprint density at radius 1 is 1.25 bits per heavy atom. The van der Waals surface area contributed by atoms with E-state index in [4.69, 9.17) is 0 Å². The first-order chi connectivity index (χ1) is 9.42. The number of benzene rings is 1. The number of carbonyl (C=O) groups excluding carboxylic acids is 1. The maximum absolute atomic E-state index is 14.2. The number of esters is 1. The van der Waals surface area contributed by atoms with Crippen molar-refractivity contribution in [2.45, 2.75) is 13.1 Å². The molecule has 1 aromatic rings. The Hall–Kier alpha value is -2.04. The van der Waals surface area contributed by atoms with E-state index in [1.807, 2.05) is 0 Å². The van der Waals surface area contributed by atoms with Crippen molar-refractivity contribution in [1.29, 1.82) is 0 Å². The van der Waals surface area contributed by atoms with Gasteiger partial charge in [0.2, 0.25) is 0 Å². The van der Waals surface area contributed by atoms with Gasteiger partial charge in [0, 0.05) is 5.57 Å². The van der Waals surface area contributed by atoms with Gasteiger partial charge < -0.3 is 4.74 Å². The average Bonchev–Trinajstić information content (AvgIpc) is 2.48. The molecule has 0 amide bonds. The van der Waals surface area contributed by atoms with Gasteiger partial charge in [0.1, 0.15) is 11.7 Å². The van der Waals surface area contributed by atoms with Gasteiger partial charge >= 0.3 is 5.97 Å². The average molecular weight is 282 g/mol. The van der Waals surface area contributed by atoms with Gasteiger partial charge in [-0.2, -0.15) is 0 Å². The molecule has 0 saturated carbocycles. The maximum Gasteiger partial charge on any atom is 0.321 e. The highest BCUT2D eigenvalue weighted by molar-refractivity contribution is 5.87. The molecule has 5 heteroatoms. The van der Waals surface area contributed by atoms with Crippen LogP contribution >= 0.6 is 0 Å². The van der Waals surface area contributed by atoms with Gasteiger partial charge in [0.15, 0.2) is 11.6 Å². The van der Waals surface area contributed by atoms with E-state index in [1.54, 1.807) is 18.2 Å². The highest BCUT2D eigenvalue weighted by atomic mass is 19.2. The minimum Gasteiger partial charge on any atom is -0.468 e. The lowest BCUT2D eigenvalue weighted by Crippen LogP contribution is -2.41. The molecule has 0 fully saturated rings. The van der Waals surface area contributed by atoms with Crippen LogP contribution in [0, 0.1) is 5.41 Å². The summed E-state index contributed by atoms with van der Waals surface area (Å²) in [5, 5.41) is 0. The van der Waals surface area contributed by atoms with Crippen molar-refractivity contribution in [1.82, 2.24) is 0 Å². The molecule has 0 spiro atoms. The number of ether oxygens (including phenoxy) is 1. The zero-order valence-corrected chi connectivity index (χ0v) is 11.0. The molecule has 106 valence electrons. The van der Waals surface area contributed by atoms with Crippen molar-refractivity contribution < 1.29 is 22.7 Å². The topological polar surface area (TPSA) is 26.3 Å². The molecule has 2 rings (SSSR count). The first-order valence-electron chi connectivity index (χ1n) is 5.98. The summed E-state index contributed by atoms with van der Waals surface area (Å²) in [5.74, 6) is -3.39. The van der Waals surface area contributed by atoms with Crippen LogP contribution in [0.5, 0.6) is 0 Å². The molecular formula is C15H13F3O2. The quantitative estimate of drug-likeness (QED) is 0.772. The molecule has 0 aliphatic heterocycles. The smallest absolute Gasteiger partial charge is 0.321 e. The van der Waals surface area contributed by atoms with Crippen LogP contribution < -0.4 is 0 Å². The lowest BCUT2D eigenvalue weighted by molar-refractivity contribution is -0.153. The molecule has 20 heavy (non-hydrogen) atoms. The van der Waals surface area contributed by atoms with E-state index in [0.717, 1.165) is 20.1 Å². The summed E-state index contributed by atoms with van der Waals surface area (Å²) in [5.41, 5.74) is -2.14. The molecular weight excluding hydrogens is 269 g/mol. The van der Waals surface area contributed by atoms with Crippen LogP contribution in [-0.4, -0.2) is 19.3 Å². The second-order valence-electron chi connectivity index (χ2n) is 4.68. The fourth-order valence-corrected chi connectivity index (χ4v) is 2.11. The summed E-state index contributed by atoms with van der Waals surface area (Å²) in [6, 6.07) is 8.03. The van der Waals surface area contributed by atoms with Gasteiger partial charge in [-0.15, -0.1) is 0 Å². The lowest BCUT2D eigenvalue weighted by Gasteiger charge is -2.31. The van der Waals surface area contributed by atoms with E-state index in [1.165, 1.54) is 12.1 Å². The van der Waals surface area contributed by atoms with Crippen LogP contribution in [0.1, 0.15) is 12.5 Å². The van der Waals surface area contributed by atoms with E-state index < -0.39 is 29.2 Å². The standard InChI is InChI=1S/C15H13F3O2/c1-15(14(19)20-2)11(16)8-10(12(17)13(15)18)9-6-4-3-5-7-9/h3-8,13H,1-2H3. The fraction of sp³-hybridized carbons (Fsp3) is 0.267. The molecule has 0 bridgehead atoms. The Bertz CT molecular complexity index is 592. The number of hydrogen-bond donors (Lipinski definition) is 0. The van der Waals surface area contributed by atoms with E-state index in [-0.39, 0.29) is 5.57 Å². The third-order valence-corrected chi connectivity index (χ3v) is 3.45. The molecule has 2 atom stereocenters. The number of methoxy groups -OCH3 is 1. The molecule has 0 saturated heterocycles. The third-order valence-electron chi connectivity index (χ3n) is 3.45. The predicted octanol–water partition coefficient (Wildman–Crippen LogP) is 3.75. The number of hydrogen-bond acceptors (Lipinski definition) is 2. The van der Waals surface area contributed by atoms with Gasteiger partial charge in [-0.3, -0.25) is 4.79 Å². The fourth-order valence-electron chi connectivity index (χ4n) is 2.11. The van der Waals surface area contributed by atoms with Crippen LogP contribution in [0.15, 0.2) is 48.1 Å². The maximum atomic E-state index is 14.2. The van der Waals surface area contributed by atoms with Crippen molar-refractivity contribution >= 4 is 11.5 Å². The van der Waals surface area contributed by atoms with Gasteiger partial charge in [0.25, 0.3) is 0 Å². The molecule has 0 aromatic heterocycles. The lowest BCUT2D eigenvalue weighted by atomic mass is 9.77. The van der Waals surface area contributed by atoms with E-state index >= 15 is 0 Å². The summed E-state index contributed by atoms with van der Waals surface area (Å²) < 4.78 is 46.9. The number of alkyl halides is 1. The normalized spacial score (nSPS) is 26.2. The second kappa shape index (κ2) is 5.15. The molecule has 0 radical (unpaired) electrons. The van der Waals surface area contributed by atoms with Crippen molar-refractivity contribution in [3.05, 3.63) is 53.6 Å². The minimum absolute atomic E-state index is 0.197. The van der Waals surface area contributed by atoms with Crippen LogP contribution in [-0.2, 0) is 9.53 Å². The van der Waals surface area contributed by atoms with E-state index in [2.05, 4.69) is 4.74 Å². The zero-order chi connectivity index (χ0) is 14.9. The van der Waals surface area contributed by atoms with Crippen molar-refractivity contribution in [3.8, 4) is 0 Å². The molecule has 2 unspecified atom stereocenters. The van der Waals surface area contributed by atoms with Crippen molar-refractivity contribution in [2.75, 3.05) is 7.11 Å². The Morgan fingerprint density at radius 2 is 1.85 bits per heavy atom. The molecule has 0 N–H and O–H groups in total. The van der Waals surface area contributed by atoms with Gasteiger partial charge in [-0.25, -0.2) is 13.2 Å². The van der Waals surface area contributed by atoms with Crippen molar-refractivity contribution in [2.24, 2.45) is 5.41 Å². The molecule has 1 aromatic carbocycles. The molecule has 1 aliphatic carbocycles. The highest BCUT2D eigenvalue weighted by Gasteiger charge is 2.52. The molecule has 0 heterocycles. The third kappa shape index (κ3) is 2.03. The summed E-state index contributed by atoms with van der Waals surface area (Å²) in [4.78, 5) is 11.6. The van der Waals surface area contributed by atoms with Crippen LogP contribution in [0.2, 0.25) is 0 Å². The highest BCUT2D eigenvalue weighted by Crippen LogP contribution is 2.46. The first kappa shape index (κ1) is 14.4. The van der Waals surface area contributed by atoms with Gasteiger partial charge in [-0.1, -0.05) is 30.3 Å². The largest absolute Gasteiger partial charge is 0.468 e. The Balaban J connectivity index is 2.54. The zero-order valence-electron chi connectivity index (χ0n) is 11.0. The van der Waals surface area contributed by atoms with Crippen LogP contribution in [0.4, 0.5) is 13.2 Å². The number of halogens is 3. The molecule has 1 aliphatic rings. The van der Waals surface area contributed by atoms with Gasteiger partial charge in [-0.05, 0) is 18.6 Å². The SMILES string of the molecule is COC(=O)C1(C)C(F)=CC(c2ccccc2)=C(F)C1F. The number of rotatable bonds is 2. The van der Waals surface area contributed by atoms with E-state index in [0.29, 0.717) is 5.56 Å². The number of carbonyl (C=O) groups is 1. The first-order valence-corrected chi connectivity index (χ1v) is 5.98. The monoisotopic (exact) mass is 282 g/mol. The van der Waals surface area contributed by atoms with Crippen LogP contribution in [0.25, 0.3) is 5.57 Å². The number of allylic oxidation sites excluding steroid dienone is 3.